The molecular weight excluding hydrogens is 280 g/mol. The second-order valence-electron chi connectivity index (χ2n) is 6.37. The van der Waals surface area contributed by atoms with Gasteiger partial charge in [-0.15, -0.1) is 0 Å². The van der Waals surface area contributed by atoms with Crippen molar-refractivity contribution in [3.8, 4) is 0 Å². The van der Waals surface area contributed by atoms with Gasteiger partial charge in [-0.05, 0) is 31.7 Å². The Balaban J connectivity index is 1.59. The third-order valence-electron chi connectivity index (χ3n) is 4.71. The molecule has 0 spiro atoms. The van der Waals surface area contributed by atoms with Gasteiger partial charge in [-0.25, -0.2) is 4.79 Å². The van der Waals surface area contributed by atoms with Gasteiger partial charge in [-0.1, -0.05) is 19.3 Å². The second-order valence-corrected chi connectivity index (χ2v) is 6.37. The number of rotatable bonds is 5. The van der Waals surface area contributed by atoms with E-state index in [1.54, 1.807) is 12.5 Å². The fraction of sp³-hybridized carbons (Fsp3) is 0.706. The number of hydrogen-bond donors (Lipinski definition) is 1. The van der Waals surface area contributed by atoms with Crippen LogP contribution in [0.25, 0.3) is 0 Å². The number of furan rings is 1. The van der Waals surface area contributed by atoms with E-state index in [2.05, 4.69) is 5.32 Å². The molecule has 1 aromatic heterocycles. The summed E-state index contributed by atoms with van der Waals surface area (Å²) in [6.45, 7) is 2.06. The van der Waals surface area contributed by atoms with Gasteiger partial charge in [0.05, 0.1) is 25.2 Å². The quantitative estimate of drug-likeness (QED) is 0.908. The van der Waals surface area contributed by atoms with Crippen LogP contribution in [0.4, 0.5) is 4.79 Å². The Labute approximate surface area is 132 Å². The average Bonchev–Trinajstić information content (AvgIpc) is 3.24. The topological polar surface area (TPSA) is 54.7 Å². The number of nitrogens with one attached hydrogen (secondary N) is 1. The maximum absolute atomic E-state index is 12.7. The number of urea groups is 1. The molecule has 22 heavy (non-hydrogen) atoms. The zero-order chi connectivity index (χ0) is 15.2. The summed E-state index contributed by atoms with van der Waals surface area (Å²) >= 11 is 0. The predicted molar refractivity (Wildman–Crippen MR) is 83.5 cm³/mol. The lowest BCUT2D eigenvalue weighted by Crippen LogP contribution is -2.48. The second kappa shape index (κ2) is 7.68. The minimum absolute atomic E-state index is 0.0311. The molecule has 1 unspecified atom stereocenters. The molecule has 1 atom stereocenters. The molecule has 1 N–H and O–H groups in total. The van der Waals surface area contributed by atoms with Crippen molar-refractivity contribution in [3.05, 3.63) is 24.2 Å². The van der Waals surface area contributed by atoms with Crippen LogP contribution >= 0.6 is 0 Å². The van der Waals surface area contributed by atoms with Crippen molar-refractivity contribution in [1.29, 1.82) is 0 Å². The van der Waals surface area contributed by atoms with E-state index in [4.69, 9.17) is 9.15 Å². The van der Waals surface area contributed by atoms with Gasteiger partial charge in [0.2, 0.25) is 0 Å². The Hall–Kier alpha value is -1.49. The normalized spacial score (nSPS) is 22.6. The standard InChI is InChI=1S/C17H26N2O3/c20-17(18-11-16-7-4-9-22-16)19(12-14-8-10-21-13-14)15-5-2-1-3-6-15/h8,10,13,15-16H,1-7,9,11-12H2,(H,18,20). The first-order chi connectivity index (χ1) is 10.8. The van der Waals surface area contributed by atoms with Crippen molar-refractivity contribution in [2.75, 3.05) is 13.2 Å². The zero-order valence-corrected chi connectivity index (χ0v) is 13.1. The van der Waals surface area contributed by atoms with Crippen molar-refractivity contribution in [2.24, 2.45) is 0 Å². The van der Waals surface area contributed by atoms with Crippen molar-refractivity contribution in [2.45, 2.75) is 63.6 Å². The summed E-state index contributed by atoms with van der Waals surface area (Å²) in [6, 6.07) is 2.31. The third kappa shape index (κ3) is 4.03. The van der Waals surface area contributed by atoms with Crippen molar-refractivity contribution >= 4 is 6.03 Å². The van der Waals surface area contributed by atoms with Crippen molar-refractivity contribution in [3.63, 3.8) is 0 Å². The molecule has 0 aromatic carbocycles. The highest BCUT2D eigenvalue weighted by Gasteiger charge is 2.26. The number of carbonyl (C=O) groups excluding carboxylic acids is 1. The molecule has 2 fully saturated rings. The Morgan fingerprint density at radius 3 is 2.77 bits per heavy atom. The number of ether oxygens (including phenoxy) is 1. The average molecular weight is 306 g/mol. The molecule has 2 amide bonds. The summed E-state index contributed by atoms with van der Waals surface area (Å²) < 4.78 is 10.7. The molecule has 0 radical (unpaired) electrons. The molecule has 1 aliphatic carbocycles. The summed E-state index contributed by atoms with van der Waals surface area (Å²) in [5, 5.41) is 3.07. The van der Waals surface area contributed by atoms with Crippen LogP contribution in [0.2, 0.25) is 0 Å². The van der Waals surface area contributed by atoms with E-state index in [-0.39, 0.29) is 12.1 Å². The van der Waals surface area contributed by atoms with Gasteiger partial charge in [0, 0.05) is 24.8 Å². The highest BCUT2D eigenvalue weighted by atomic mass is 16.5. The molecule has 3 rings (SSSR count). The highest BCUT2D eigenvalue weighted by Crippen LogP contribution is 2.24. The minimum atomic E-state index is 0.0311. The molecule has 2 heterocycles. The molecule has 0 bridgehead atoms. The van der Waals surface area contributed by atoms with E-state index in [1.165, 1.54) is 19.3 Å². The Kier molecular flexibility index (Phi) is 5.38. The summed E-state index contributed by atoms with van der Waals surface area (Å²) in [7, 11) is 0. The van der Waals surface area contributed by atoms with E-state index in [0.29, 0.717) is 19.1 Å². The van der Waals surface area contributed by atoms with Crippen LogP contribution in [0, 0.1) is 0 Å². The Morgan fingerprint density at radius 2 is 2.09 bits per heavy atom. The fourth-order valence-electron chi connectivity index (χ4n) is 3.45. The van der Waals surface area contributed by atoms with E-state index >= 15 is 0 Å². The monoisotopic (exact) mass is 306 g/mol. The lowest BCUT2D eigenvalue weighted by Gasteiger charge is -2.34. The van der Waals surface area contributed by atoms with Crippen molar-refractivity contribution in [1.82, 2.24) is 10.2 Å². The first kappa shape index (κ1) is 15.4. The van der Waals surface area contributed by atoms with E-state index in [9.17, 15) is 4.79 Å². The van der Waals surface area contributed by atoms with Gasteiger partial charge in [0.25, 0.3) is 0 Å². The van der Waals surface area contributed by atoms with Crippen LogP contribution in [0.5, 0.6) is 0 Å². The number of amides is 2. The third-order valence-corrected chi connectivity index (χ3v) is 4.71. The molecule has 1 saturated heterocycles. The van der Waals surface area contributed by atoms with Gasteiger partial charge >= 0.3 is 6.03 Å². The summed E-state index contributed by atoms with van der Waals surface area (Å²) in [5.74, 6) is 0. The molecule has 122 valence electrons. The van der Waals surface area contributed by atoms with Crippen LogP contribution in [0.1, 0.15) is 50.5 Å². The van der Waals surface area contributed by atoms with E-state index < -0.39 is 0 Å². The zero-order valence-electron chi connectivity index (χ0n) is 13.1. The van der Waals surface area contributed by atoms with Crippen LogP contribution in [0.15, 0.2) is 23.0 Å². The van der Waals surface area contributed by atoms with Crippen LogP contribution in [0.3, 0.4) is 0 Å². The molecular formula is C17H26N2O3. The largest absolute Gasteiger partial charge is 0.472 e. The maximum Gasteiger partial charge on any atom is 0.318 e. The molecule has 1 aliphatic heterocycles. The lowest BCUT2D eigenvalue weighted by atomic mass is 9.94. The number of hydrogen-bond acceptors (Lipinski definition) is 3. The molecule has 5 nitrogen and oxygen atoms in total. The van der Waals surface area contributed by atoms with Crippen molar-refractivity contribution < 1.29 is 13.9 Å². The number of carbonyl (C=O) groups is 1. The Morgan fingerprint density at radius 1 is 1.23 bits per heavy atom. The summed E-state index contributed by atoms with van der Waals surface area (Å²) in [4.78, 5) is 14.6. The molecule has 2 aliphatic rings. The predicted octanol–water partition coefficient (Wildman–Crippen LogP) is 3.30. The minimum Gasteiger partial charge on any atom is -0.472 e. The smallest absolute Gasteiger partial charge is 0.318 e. The molecule has 1 aromatic rings. The highest BCUT2D eigenvalue weighted by molar-refractivity contribution is 5.74. The van der Waals surface area contributed by atoms with Crippen LogP contribution < -0.4 is 5.32 Å². The fourth-order valence-corrected chi connectivity index (χ4v) is 3.45. The summed E-state index contributed by atoms with van der Waals surface area (Å²) in [5.41, 5.74) is 1.05. The lowest BCUT2D eigenvalue weighted by molar-refractivity contribution is 0.104. The molecule has 1 saturated carbocycles. The van der Waals surface area contributed by atoms with Gasteiger partial charge in [-0.2, -0.15) is 0 Å². The van der Waals surface area contributed by atoms with Gasteiger partial charge in [0.15, 0.2) is 0 Å². The van der Waals surface area contributed by atoms with Gasteiger partial charge in [0.1, 0.15) is 0 Å². The van der Waals surface area contributed by atoms with E-state index in [1.807, 2.05) is 11.0 Å². The SMILES string of the molecule is O=C(NCC1CCCO1)N(Cc1ccoc1)C1CCCCC1. The van der Waals surface area contributed by atoms with E-state index in [0.717, 1.165) is 37.9 Å². The maximum atomic E-state index is 12.7. The van der Waals surface area contributed by atoms with Crippen LogP contribution in [-0.2, 0) is 11.3 Å². The van der Waals surface area contributed by atoms with Crippen LogP contribution in [-0.4, -0.2) is 36.2 Å². The van der Waals surface area contributed by atoms with Gasteiger partial charge in [-0.3, -0.25) is 0 Å². The number of nitrogens with zero attached hydrogens (tertiary/aromatic N) is 1. The first-order valence-corrected chi connectivity index (χ1v) is 8.50. The van der Waals surface area contributed by atoms with Gasteiger partial charge < -0.3 is 19.4 Å². The molecule has 5 heteroatoms. The summed E-state index contributed by atoms with van der Waals surface area (Å²) in [6.07, 6.45) is 11.6. The first-order valence-electron chi connectivity index (χ1n) is 8.50. The Bertz CT molecular complexity index is 448.